The Morgan fingerprint density at radius 1 is 1.16 bits per heavy atom. The molecule has 0 saturated carbocycles. The molecule has 3 rings (SSSR count). The number of rotatable bonds is 8. The molecular weight excluding hydrogens is 319 g/mol. The van der Waals surface area contributed by atoms with Crippen LogP contribution >= 0.6 is 0 Å². The van der Waals surface area contributed by atoms with Crippen LogP contribution in [0.3, 0.4) is 0 Å². The Balaban J connectivity index is 1.52. The Morgan fingerprint density at radius 3 is 2.80 bits per heavy atom. The topological polar surface area (TPSA) is 44.5 Å². The number of halogens is 1. The molecule has 0 aliphatic carbocycles. The van der Waals surface area contributed by atoms with E-state index in [-0.39, 0.29) is 18.5 Å². The molecule has 1 aliphatic rings. The lowest BCUT2D eigenvalue weighted by Gasteiger charge is -2.41. The van der Waals surface area contributed by atoms with Gasteiger partial charge in [-0.1, -0.05) is 18.2 Å². The van der Waals surface area contributed by atoms with Crippen LogP contribution in [-0.4, -0.2) is 63.5 Å². The van der Waals surface area contributed by atoms with Crippen molar-refractivity contribution in [2.45, 2.75) is 32.0 Å². The van der Waals surface area contributed by atoms with Crippen LogP contribution in [0.25, 0.3) is 0 Å². The van der Waals surface area contributed by atoms with E-state index < -0.39 is 0 Å². The highest BCUT2D eigenvalue weighted by atomic mass is 19.1. The molecule has 25 heavy (non-hydrogen) atoms. The molecule has 0 radical (unpaired) electrons. The van der Waals surface area contributed by atoms with Gasteiger partial charge in [-0.15, -0.1) is 0 Å². The zero-order valence-corrected chi connectivity index (χ0v) is 14.6. The molecule has 1 fully saturated rings. The average molecular weight is 346 g/mol. The van der Waals surface area contributed by atoms with Crippen molar-refractivity contribution in [2.75, 3.05) is 32.8 Å². The molecule has 5 nitrogen and oxygen atoms in total. The van der Waals surface area contributed by atoms with E-state index in [9.17, 15) is 9.50 Å². The summed E-state index contributed by atoms with van der Waals surface area (Å²) in [6, 6.07) is 9.18. The first-order chi connectivity index (χ1) is 12.3. The number of aromatic nitrogens is 2. The number of hydrogen-bond acceptors (Lipinski definition) is 4. The fourth-order valence-electron chi connectivity index (χ4n) is 3.53. The SMILES string of the molecule is OCC[C@@H]1CN(CCCn2cccn2)CCN1Cc1ccccc1F. The van der Waals surface area contributed by atoms with E-state index in [0.29, 0.717) is 6.54 Å². The summed E-state index contributed by atoms with van der Waals surface area (Å²) in [7, 11) is 0. The number of aryl methyl sites for hydroxylation is 1. The zero-order chi connectivity index (χ0) is 17.5. The minimum atomic E-state index is -0.146. The molecular formula is C19H27FN4O. The van der Waals surface area contributed by atoms with Crippen molar-refractivity contribution < 1.29 is 9.50 Å². The van der Waals surface area contributed by atoms with Crippen molar-refractivity contribution in [3.05, 3.63) is 54.1 Å². The highest BCUT2D eigenvalue weighted by Gasteiger charge is 2.26. The first-order valence-electron chi connectivity index (χ1n) is 9.04. The van der Waals surface area contributed by atoms with Crippen LogP contribution in [0.1, 0.15) is 18.4 Å². The van der Waals surface area contributed by atoms with Crippen molar-refractivity contribution in [3.63, 3.8) is 0 Å². The minimum absolute atomic E-state index is 0.146. The van der Waals surface area contributed by atoms with E-state index in [2.05, 4.69) is 14.9 Å². The quantitative estimate of drug-likeness (QED) is 0.794. The Bertz CT molecular complexity index is 634. The van der Waals surface area contributed by atoms with E-state index in [1.807, 2.05) is 29.1 Å². The summed E-state index contributed by atoms with van der Waals surface area (Å²) < 4.78 is 15.9. The Labute approximate surface area is 148 Å². The maximum absolute atomic E-state index is 13.9. The van der Waals surface area contributed by atoms with Crippen molar-refractivity contribution in [1.82, 2.24) is 19.6 Å². The maximum atomic E-state index is 13.9. The smallest absolute Gasteiger partial charge is 0.127 e. The lowest BCUT2D eigenvalue weighted by Crippen LogP contribution is -2.53. The lowest BCUT2D eigenvalue weighted by atomic mass is 10.1. The van der Waals surface area contributed by atoms with Crippen LogP contribution in [0.15, 0.2) is 42.7 Å². The molecule has 6 heteroatoms. The van der Waals surface area contributed by atoms with E-state index in [1.165, 1.54) is 6.07 Å². The summed E-state index contributed by atoms with van der Waals surface area (Å²) in [5.41, 5.74) is 0.734. The largest absolute Gasteiger partial charge is 0.396 e. The van der Waals surface area contributed by atoms with Gasteiger partial charge in [0.1, 0.15) is 5.82 Å². The van der Waals surface area contributed by atoms with Crippen LogP contribution in [0.4, 0.5) is 4.39 Å². The van der Waals surface area contributed by atoms with Crippen molar-refractivity contribution in [1.29, 1.82) is 0 Å². The highest BCUT2D eigenvalue weighted by molar-refractivity contribution is 5.17. The fraction of sp³-hybridized carbons (Fsp3) is 0.526. The second-order valence-electron chi connectivity index (χ2n) is 6.65. The van der Waals surface area contributed by atoms with Crippen molar-refractivity contribution in [3.8, 4) is 0 Å². The molecule has 1 aromatic heterocycles. The van der Waals surface area contributed by atoms with Gasteiger partial charge in [0.25, 0.3) is 0 Å². The second kappa shape index (κ2) is 9.08. The third-order valence-corrected chi connectivity index (χ3v) is 4.90. The molecule has 1 aromatic carbocycles. The average Bonchev–Trinajstić information content (AvgIpc) is 3.13. The van der Waals surface area contributed by atoms with Crippen LogP contribution < -0.4 is 0 Å². The Morgan fingerprint density at radius 2 is 2.04 bits per heavy atom. The molecule has 0 amide bonds. The molecule has 0 bridgehead atoms. The summed E-state index contributed by atoms with van der Waals surface area (Å²) in [6.45, 7) is 5.53. The zero-order valence-electron chi connectivity index (χ0n) is 14.6. The Kier molecular flexibility index (Phi) is 6.55. The summed E-state index contributed by atoms with van der Waals surface area (Å²) in [6.07, 6.45) is 5.57. The van der Waals surface area contributed by atoms with Crippen LogP contribution in [-0.2, 0) is 13.1 Å². The van der Waals surface area contributed by atoms with E-state index in [0.717, 1.165) is 51.1 Å². The first kappa shape index (κ1) is 18.0. The minimum Gasteiger partial charge on any atom is -0.396 e. The number of piperazine rings is 1. The van der Waals surface area contributed by atoms with Crippen LogP contribution in [0, 0.1) is 5.82 Å². The van der Waals surface area contributed by atoms with Gasteiger partial charge in [-0.3, -0.25) is 9.58 Å². The van der Waals surface area contributed by atoms with Gasteiger partial charge >= 0.3 is 0 Å². The summed E-state index contributed by atoms with van der Waals surface area (Å²) in [5, 5.41) is 13.6. The second-order valence-corrected chi connectivity index (χ2v) is 6.65. The molecule has 0 unspecified atom stereocenters. The van der Waals surface area contributed by atoms with E-state index in [4.69, 9.17) is 0 Å². The third kappa shape index (κ3) is 5.11. The van der Waals surface area contributed by atoms with Crippen molar-refractivity contribution in [2.24, 2.45) is 0 Å². The molecule has 1 aliphatic heterocycles. The van der Waals surface area contributed by atoms with Gasteiger partial charge in [0.15, 0.2) is 0 Å². The third-order valence-electron chi connectivity index (χ3n) is 4.90. The van der Waals surface area contributed by atoms with Gasteiger partial charge < -0.3 is 10.0 Å². The van der Waals surface area contributed by atoms with Gasteiger partial charge in [0.2, 0.25) is 0 Å². The molecule has 1 saturated heterocycles. The molecule has 2 aromatic rings. The highest BCUT2D eigenvalue weighted by Crippen LogP contribution is 2.18. The molecule has 136 valence electrons. The normalized spacial score (nSPS) is 19.4. The maximum Gasteiger partial charge on any atom is 0.127 e. The summed E-state index contributed by atoms with van der Waals surface area (Å²) in [5.74, 6) is -0.146. The number of aliphatic hydroxyl groups is 1. The lowest BCUT2D eigenvalue weighted by molar-refractivity contribution is 0.0519. The van der Waals surface area contributed by atoms with Crippen LogP contribution in [0.5, 0.6) is 0 Å². The van der Waals surface area contributed by atoms with Crippen molar-refractivity contribution >= 4 is 0 Å². The van der Waals surface area contributed by atoms with Gasteiger partial charge in [0, 0.05) is 69.9 Å². The van der Waals surface area contributed by atoms with Gasteiger partial charge in [-0.25, -0.2) is 4.39 Å². The number of aliphatic hydroxyl groups excluding tert-OH is 1. The number of benzene rings is 1. The monoisotopic (exact) mass is 346 g/mol. The molecule has 1 N–H and O–H groups in total. The van der Waals surface area contributed by atoms with Gasteiger partial charge in [-0.2, -0.15) is 5.10 Å². The molecule has 0 spiro atoms. The predicted octanol–water partition coefficient (Wildman–Crippen LogP) is 1.98. The van der Waals surface area contributed by atoms with Crippen LogP contribution in [0.2, 0.25) is 0 Å². The standard InChI is InChI=1S/C19H27FN4O/c20-19-6-2-1-5-17(19)15-23-13-12-22(16-18(23)7-14-25)9-4-11-24-10-3-8-21-24/h1-3,5-6,8,10,18,25H,4,7,9,11-16H2/t18-/m1/s1. The van der Waals surface area contributed by atoms with Gasteiger partial charge in [0.05, 0.1) is 0 Å². The van der Waals surface area contributed by atoms with Gasteiger partial charge in [-0.05, 0) is 25.0 Å². The van der Waals surface area contributed by atoms with E-state index in [1.54, 1.807) is 12.3 Å². The molecule has 2 heterocycles. The number of hydrogen-bond donors (Lipinski definition) is 1. The molecule has 1 atom stereocenters. The summed E-state index contributed by atoms with van der Waals surface area (Å²) >= 11 is 0. The fourth-order valence-corrected chi connectivity index (χ4v) is 3.53. The Hall–Kier alpha value is -1.76. The van der Waals surface area contributed by atoms with E-state index >= 15 is 0 Å². The predicted molar refractivity (Wildman–Crippen MR) is 95.6 cm³/mol. The number of nitrogens with zero attached hydrogens (tertiary/aromatic N) is 4. The first-order valence-corrected chi connectivity index (χ1v) is 9.04. The summed E-state index contributed by atoms with van der Waals surface area (Å²) in [4.78, 5) is 4.75.